The maximum atomic E-state index is 13.7. The third-order valence-corrected chi connectivity index (χ3v) is 20.5. The predicted octanol–water partition coefficient (Wildman–Crippen LogP) is 0.813. The number of Topliss-reactive ketones (excluding diaryl/α,β-unsaturated/α-hetero) is 8. The molecule has 0 saturated heterocycles. The number of nitriles is 1. The van der Waals surface area contributed by atoms with Gasteiger partial charge >= 0.3 is 80.5 Å². The number of alkyl halides is 2. The Morgan fingerprint density at radius 3 is 0.729 bits per heavy atom. The number of fused-ring (bicyclic) bond motifs is 22. The molecule has 0 fully saturated rings. The quantitative estimate of drug-likeness (QED) is 0.0165. The van der Waals surface area contributed by atoms with E-state index in [2.05, 4.69) is 52.4 Å². The van der Waals surface area contributed by atoms with Crippen molar-refractivity contribution >= 4 is 108 Å². The summed E-state index contributed by atoms with van der Waals surface area (Å²) >= 11 is 6.56. The Labute approximate surface area is 832 Å². The molecule has 3 aliphatic rings. The van der Waals surface area contributed by atoms with Crippen LogP contribution in [0, 0.1) is 11.3 Å². The van der Waals surface area contributed by atoms with Crippen LogP contribution >= 0.6 is 31.9 Å². The zero-order valence-electron chi connectivity index (χ0n) is 77.5. The number of hydrogen-bond donors (Lipinski definition) is 2. The van der Waals surface area contributed by atoms with Crippen molar-refractivity contribution in [2.24, 2.45) is 0 Å². The van der Waals surface area contributed by atoms with Gasteiger partial charge in [-0.25, -0.2) is 59.0 Å². The molecule has 0 aromatic carbocycles. The standard InChI is InChI=1S/C45H43N7O8.C32H30N6O4.C13H15Br2NO4.C2H3N.CH2O3.BrH.3Li.H/c1-7-59-44(57)36-17-37(45(58)60-8-2)43-23-52-20-34-11-30(26(5)55)15-40(48-34)38-13-28(24(3)53)9-32(46-38)18-51(22-42(36)50-43)19-33-10-29(25(4)54)14-39(47-33)41-16-31(27(6)56)12-35(21-52)49-41;1-17(39)21-5-25-13-33-14-27-7-23(19(3)41)11-31(37-27)32-12-24(20(4)42)8-28(38-32)16-34-15-26-6-22(18(2)40)10-30(36-26)29(9-21)35-25;1-3-19-12(17)8-5-9(13(18)20-4-2)11(7-15)16-10(8)6-14;1-2-3;2-1-4-3;;;;;/h9-17H,7-8,18-23H2,1-6H3;5-12,33-34H,13-16H2,1-4H3;5H,3-4,6-7H2,1-2H3;1H3;1,3H;1H;;;;/q;;;;;;3*+1;-1/p-2. The molecular weight excluding hydrogens is 1890 g/mol. The molecule has 678 valence electrons. The van der Waals surface area contributed by atoms with E-state index in [1.54, 1.807) is 131 Å². The number of hydrogen-bond acceptors (Lipinski definition) is 34. The molecule has 0 saturated carbocycles. The SMILES string of the molecule is CC#N.CC(=O)c1cc2nc(c1)-c1cc(C(C)=O)cc(n1)CNCc1cc(C(C)=O)cc(n1)-c1cc(C(C)=O)cc(n1)CNC2.CCOC(=O)c1cc(C(=O)OCC)c(CBr)nc1CBr.CCOC(=O)c1cc(C(=O)OCC)c2nc1CN1Cc3cc(C(C)=O)cc(n3)-c3cc(C(C)=O)cc(n3)CN(Cc3cc(C(C)=O)cc(n3)-c3cc(C(C)=O)cc(n3)C1)C2.O=CO[O-].[Br-].[H-].[Li+].[Li+].[Li+]. The zero-order chi connectivity index (χ0) is 94.0. The van der Waals surface area contributed by atoms with E-state index in [1.165, 1.54) is 74.4 Å². The number of ether oxygens (including phenoxy) is 4. The molecule has 0 aliphatic carbocycles. The summed E-state index contributed by atoms with van der Waals surface area (Å²) < 4.78 is 20.9. The molecule has 3 aliphatic heterocycles. The van der Waals surface area contributed by atoms with E-state index in [0.29, 0.717) is 184 Å². The second-order valence-corrected chi connectivity index (χ2v) is 30.4. The van der Waals surface area contributed by atoms with E-state index < -0.39 is 23.9 Å². The Bertz CT molecular complexity index is 5530. The predicted molar refractivity (Wildman–Crippen MR) is 474 cm³/mol. The van der Waals surface area contributed by atoms with Gasteiger partial charge in [-0.1, -0.05) is 31.9 Å². The first-order valence-corrected chi connectivity index (χ1v) is 42.8. The summed E-state index contributed by atoms with van der Waals surface area (Å²) in [5.74, 6) is -3.74. The smallest absolute Gasteiger partial charge is 1.00 e. The summed E-state index contributed by atoms with van der Waals surface area (Å²) in [7, 11) is 0. The topological polar surface area (TPSA) is 474 Å². The number of pyridine rings is 10. The molecule has 2 N–H and O–H groups in total. The number of halogens is 3. The molecule has 10 aromatic rings. The Hall–Kier alpha value is -11.3. The van der Waals surface area contributed by atoms with Gasteiger partial charge < -0.3 is 58.1 Å². The molecule has 20 bridgehead atoms. The van der Waals surface area contributed by atoms with Crippen molar-refractivity contribution in [3.8, 4) is 51.6 Å². The van der Waals surface area contributed by atoms with Gasteiger partial charge in [0.1, 0.15) is 0 Å². The van der Waals surface area contributed by atoms with E-state index in [9.17, 15) is 57.5 Å². The number of carbonyl (C=O) groups excluding carboxylic acids is 13. The van der Waals surface area contributed by atoms with Crippen molar-refractivity contribution in [3.63, 3.8) is 0 Å². The largest absolute Gasteiger partial charge is 1.00 e. The monoisotopic (exact) mass is 1980 g/mol. The van der Waals surface area contributed by atoms with Crippen molar-refractivity contribution < 1.29 is 166 Å². The van der Waals surface area contributed by atoms with Gasteiger partial charge in [0.25, 0.3) is 6.47 Å². The number of aromatic nitrogens is 10. The number of esters is 4. The maximum absolute atomic E-state index is 13.7. The van der Waals surface area contributed by atoms with Crippen LogP contribution < -0.4 is 89.5 Å². The summed E-state index contributed by atoms with van der Waals surface area (Å²) in [6.07, 6.45) is 0. The molecule has 0 unspecified atom stereocenters. The fourth-order valence-corrected chi connectivity index (χ4v) is 14.4. The van der Waals surface area contributed by atoms with Crippen molar-refractivity contribution in [1.29, 1.82) is 5.26 Å². The van der Waals surface area contributed by atoms with Gasteiger partial charge in [-0.3, -0.25) is 62.9 Å². The molecule has 13 rings (SSSR count). The molecule has 40 heteroatoms. The van der Waals surface area contributed by atoms with Crippen LogP contribution in [0.5, 0.6) is 0 Å². The Balaban J connectivity index is 0.000000440. The van der Waals surface area contributed by atoms with Crippen LogP contribution in [0.2, 0.25) is 0 Å². The normalized spacial score (nSPS) is 12.9. The number of ketones is 8. The summed E-state index contributed by atoms with van der Waals surface area (Å²) in [5, 5.41) is 23.1. The fourth-order valence-electron chi connectivity index (χ4n) is 13.6. The third kappa shape index (κ3) is 31.2. The number of rotatable bonds is 19. The maximum Gasteiger partial charge on any atom is 1.00 e. The molecule has 0 radical (unpaired) electrons. The van der Waals surface area contributed by atoms with Gasteiger partial charge in [-0.2, -0.15) is 5.26 Å². The van der Waals surface area contributed by atoms with Crippen LogP contribution in [0.1, 0.15) is 284 Å². The van der Waals surface area contributed by atoms with Gasteiger partial charge in [0.2, 0.25) is 0 Å². The summed E-state index contributed by atoms with van der Waals surface area (Å²) in [6, 6.07) is 31.5. The number of nitrogens with zero attached hydrogens (tertiary/aromatic N) is 13. The second kappa shape index (κ2) is 53.6. The Kier molecular flexibility index (Phi) is 45.2. The number of carbonyl (C=O) groups is 13. The fraction of sp³-hybridized carbons (Fsp3) is 0.312. The molecule has 133 heavy (non-hydrogen) atoms. The third-order valence-electron chi connectivity index (χ3n) is 19.5. The molecule has 0 spiro atoms. The van der Waals surface area contributed by atoms with Crippen LogP contribution in [-0.4, -0.2) is 163 Å². The van der Waals surface area contributed by atoms with Gasteiger partial charge in [0, 0.05) is 128 Å². The molecular formula is C93H93Br3Li3N15O19. The van der Waals surface area contributed by atoms with Gasteiger partial charge in [-0.05, 0) is 192 Å². The van der Waals surface area contributed by atoms with Gasteiger partial charge in [0.05, 0.1) is 169 Å². The van der Waals surface area contributed by atoms with Crippen LogP contribution in [0.15, 0.2) is 109 Å². The summed E-state index contributed by atoms with van der Waals surface area (Å²) in [5.41, 5.74) is 13.2. The number of nitrogens with one attached hydrogen (secondary N) is 2. The molecule has 0 amide bonds. The minimum absolute atomic E-state index is 0. The Morgan fingerprint density at radius 1 is 0.353 bits per heavy atom. The first-order chi connectivity index (χ1) is 61.6. The average Bonchev–Trinajstić information content (AvgIpc) is 1.43. The van der Waals surface area contributed by atoms with Crippen molar-refractivity contribution in [2.45, 2.75) is 166 Å². The van der Waals surface area contributed by atoms with Crippen LogP contribution in [0.3, 0.4) is 0 Å². The minimum atomic E-state index is -0.698. The summed E-state index contributed by atoms with van der Waals surface area (Å²) in [6.45, 7) is 21.9. The van der Waals surface area contributed by atoms with Crippen molar-refractivity contribution in [2.75, 3.05) is 26.4 Å². The average molecular weight is 1990 g/mol. The van der Waals surface area contributed by atoms with Crippen molar-refractivity contribution in [1.82, 2.24) is 70.3 Å². The van der Waals surface area contributed by atoms with Crippen molar-refractivity contribution in [3.05, 3.63) is 244 Å². The summed E-state index contributed by atoms with van der Waals surface area (Å²) in [4.78, 5) is 216. The van der Waals surface area contributed by atoms with E-state index in [1.807, 2.05) is 9.80 Å². The molecule has 34 nitrogen and oxygen atoms in total. The first kappa shape index (κ1) is 112. The molecule has 10 aromatic heterocycles. The first-order valence-electron chi connectivity index (χ1n) is 40.6. The van der Waals surface area contributed by atoms with Crippen LogP contribution in [-0.2, 0) is 105 Å². The van der Waals surface area contributed by atoms with Crippen LogP contribution in [0.4, 0.5) is 0 Å². The van der Waals surface area contributed by atoms with Gasteiger partial charge in [-0.15, -0.1) is 0 Å². The molecule has 0 atom stereocenters. The molecule has 13 heterocycles. The zero-order valence-corrected chi connectivity index (χ0v) is 81.2. The van der Waals surface area contributed by atoms with E-state index in [0.717, 1.165) is 0 Å². The minimum Gasteiger partial charge on any atom is -1.00 e. The van der Waals surface area contributed by atoms with E-state index in [-0.39, 0.29) is 227 Å². The van der Waals surface area contributed by atoms with E-state index in [4.69, 9.17) is 79.1 Å². The van der Waals surface area contributed by atoms with E-state index >= 15 is 0 Å². The van der Waals surface area contributed by atoms with Gasteiger partial charge in [0.15, 0.2) is 46.3 Å². The second-order valence-electron chi connectivity index (χ2n) is 29.3. The Morgan fingerprint density at radius 2 is 0.541 bits per heavy atom. The van der Waals surface area contributed by atoms with Crippen LogP contribution in [0.25, 0.3) is 45.6 Å².